The topological polar surface area (TPSA) is 60.1 Å². The zero-order valence-electron chi connectivity index (χ0n) is 12.1. The Morgan fingerprint density at radius 3 is 2.70 bits per heavy atom. The lowest BCUT2D eigenvalue weighted by Gasteiger charge is -2.12. The molecule has 108 valence electrons. The summed E-state index contributed by atoms with van der Waals surface area (Å²) in [6.45, 7) is 6.76. The summed E-state index contributed by atoms with van der Waals surface area (Å²) in [5, 5.41) is 2.96. The van der Waals surface area contributed by atoms with Gasteiger partial charge in [0.25, 0.3) is 5.91 Å². The number of thiophene rings is 1. The Bertz CT molecular complexity index is 598. The van der Waals surface area contributed by atoms with Crippen LogP contribution in [0.25, 0.3) is 0 Å². The maximum atomic E-state index is 12.3. The van der Waals surface area contributed by atoms with E-state index in [1.807, 2.05) is 18.4 Å². The third kappa shape index (κ3) is 3.22. The smallest absolute Gasteiger partial charge is 0.268 e. The SMILES string of the molecule is CCc1ccc(CNC(=O)c2cc(N)cn2C(C)C)s1. The van der Waals surface area contributed by atoms with Crippen LogP contribution >= 0.6 is 11.3 Å². The third-order valence-corrected chi connectivity index (χ3v) is 4.38. The van der Waals surface area contributed by atoms with Crippen molar-refractivity contribution in [1.29, 1.82) is 0 Å². The molecule has 2 aromatic heterocycles. The predicted molar refractivity (Wildman–Crippen MR) is 84.1 cm³/mol. The number of nitrogen functional groups attached to an aromatic ring is 1. The Morgan fingerprint density at radius 2 is 2.10 bits per heavy atom. The Kier molecular flexibility index (Phi) is 4.49. The van der Waals surface area contributed by atoms with Crippen LogP contribution in [0.3, 0.4) is 0 Å². The van der Waals surface area contributed by atoms with Crippen LogP contribution in [0.4, 0.5) is 5.69 Å². The molecule has 0 aliphatic heterocycles. The first-order valence-corrected chi connectivity index (χ1v) is 7.66. The second-order valence-electron chi connectivity index (χ2n) is 5.06. The summed E-state index contributed by atoms with van der Waals surface area (Å²) < 4.78 is 1.90. The van der Waals surface area contributed by atoms with Crippen LogP contribution in [-0.4, -0.2) is 10.5 Å². The average molecular weight is 291 g/mol. The van der Waals surface area contributed by atoms with Gasteiger partial charge in [-0.15, -0.1) is 11.3 Å². The standard InChI is InChI=1S/C15H21N3OS/c1-4-12-5-6-13(20-12)8-17-15(19)14-7-11(16)9-18(14)10(2)3/h5-7,9-10H,4,8,16H2,1-3H3,(H,17,19). The maximum absolute atomic E-state index is 12.3. The van der Waals surface area contributed by atoms with Crippen molar-refractivity contribution in [3.05, 3.63) is 39.8 Å². The van der Waals surface area contributed by atoms with Crippen LogP contribution in [0.1, 0.15) is 47.1 Å². The molecule has 0 bridgehead atoms. The Labute approximate surface area is 123 Å². The number of anilines is 1. The minimum Gasteiger partial charge on any atom is -0.397 e. The largest absolute Gasteiger partial charge is 0.397 e. The molecule has 0 fully saturated rings. The number of aryl methyl sites for hydroxylation is 1. The normalized spacial score (nSPS) is 11.0. The van der Waals surface area contributed by atoms with Crippen LogP contribution in [-0.2, 0) is 13.0 Å². The lowest BCUT2D eigenvalue weighted by atomic mass is 10.3. The molecule has 0 aliphatic rings. The molecule has 2 aromatic rings. The molecule has 0 aromatic carbocycles. The molecule has 0 saturated carbocycles. The molecular weight excluding hydrogens is 270 g/mol. The number of amides is 1. The lowest BCUT2D eigenvalue weighted by molar-refractivity contribution is 0.0940. The highest BCUT2D eigenvalue weighted by Gasteiger charge is 2.14. The van der Waals surface area contributed by atoms with Crippen LogP contribution in [0, 0.1) is 0 Å². The summed E-state index contributed by atoms with van der Waals surface area (Å²) in [7, 11) is 0. The molecule has 1 amide bonds. The third-order valence-electron chi connectivity index (χ3n) is 3.15. The minimum atomic E-state index is -0.0816. The predicted octanol–water partition coefficient (Wildman–Crippen LogP) is 3.21. The molecule has 20 heavy (non-hydrogen) atoms. The van der Waals surface area contributed by atoms with E-state index in [2.05, 4.69) is 24.4 Å². The van der Waals surface area contributed by atoms with Gasteiger partial charge in [-0.05, 0) is 38.5 Å². The van der Waals surface area contributed by atoms with E-state index in [-0.39, 0.29) is 11.9 Å². The first kappa shape index (κ1) is 14.7. The summed E-state index contributed by atoms with van der Waals surface area (Å²) in [5.41, 5.74) is 7.02. The highest BCUT2D eigenvalue weighted by Crippen LogP contribution is 2.18. The first-order chi connectivity index (χ1) is 9.51. The molecule has 4 nitrogen and oxygen atoms in total. The van der Waals surface area contributed by atoms with Gasteiger partial charge >= 0.3 is 0 Å². The van der Waals surface area contributed by atoms with Gasteiger partial charge in [0.1, 0.15) is 5.69 Å². The summed E-state index contributed by atoms with van der Waals surface area (Å²) >= 11 is 1.74. The van der Waals surface area contributed by atoms with Crippen molar-refractivity contribution < 1.29 is 4.79 Å². The van der Waals surface area contributed by atoms with Gasteiger partial charge in [-0.3, -0.25) is 4.79 Å². The number of aromatic nitrogens is 1. The zero-order valence-corrected chi connectivity index (χ0v) is 13.0. The molecule has 0 aliphatic carbocycles. The molecule has 0 spiro atoms. The van der Waals surface area contributed by atoms with Crippen molar-refractivity contribution in [2.75, 3.05) is 5.73 Å². The molecule has 0 saturated heterocycles. The summed E-state index contributed by atoms with van der Waals surface area (Å²) in [6.07, 6.45) is 2.84. The lowest BCUT2D eigenvalue weighted by Crippen LogP contribution is -2.25. The van der Waals surface area contributed by atoms with Crippen molar-refractivity contribution in [3.8, 4) is 0 Å². The molecule has 0 unspecified atom stereocenters. The van der Waals surface area contributed by atoms with Gasteiger partial charge in [-0.2, -0.15) is 0 Å². The zero-order chi connectivity index (χ0) is 14.7. The van der Waals surface area contributed by atoms with E-state index in [9.17, 15) is 4.79 Å². The van der Waals surface area contributed by atoms with E-state index in [4.69, 9.17) is 5.73 Å². The fourth-order valence-corrected chi connectivity index (χ4v) is 2.97. The second kappa shape index (κ2) is 6.13. The van der Waals surface area contributed by atoms with Crippen LogP contribution in [0.2, 0.25) is 0 Å². The van der Waals surface area contributed by atoms with Crippen LogP contribution in [0.5, 0.6) is 0 Å². The number of hydrogen-bond donors (Lipinski definition) is 2. The summed E-state index contributed by atoms with van der Waals surface area (Å²) in [4.78, 5) is 14.8. The minimum absolute atomic E-state index is 0.0816. The molecule has 2 heterocycles. The van der Waals surface area contributed by atoms with Crippen molar-refractivity contribution in [3.63, 3.8) is 0 Å². The molecular formula is C15H21N3OS. The van der Waals surface area contributed by atoms with E-state index in [0.29, 0.717) is 17.9 Å². The van der Waals surface area contributed by atoms with E-state index < -0.39 is 0 Å². The number of nitrogens with one attached hydrogen (secondary N) is 1. The summed E-state index contributed by atoms with van der Waals surface area (Å²) in [6, 6.07) is 6.11. The number of hydrogen-bond acceptors (Lipinski definition) is 3. The molecule has 0 radical (unpaired) electrons. The Morgan fingerprint density at radius 1 is 1.40 bits per heavy atom. The summed E-state index contributed by atoms with van der Waals surface area (Å²) in [5.74, 6) is -0.0816. The number of carbonyl (C=O) groups is 1. The number of carbonyl (C=O) groups excluding carboxylic acids is 1. The van der Waals surface area contributed by atoms with Crippen molar-refractivity contribution in [1.82, 2.24) is 9.88 Å². The molecule has 3 N–H and O–H groups in total. The fourth-order valence-electron chi connectivity index (χ4n) is 2.08. The van der Waals surface area contributed by atoms with E-state index >= 15 is 0 Å². The number of nitrogens with two attached hydrogens (primary N) is 1. The Hall–Kier alpha value is -1.75. The molecule has 2 rings (SSSR count). The van der Waals surface area contributed by atoms with Gasteiger partial charge in [0.05, 0.1) is 12.2 Å². The van der Waals surface area contributed by atoms with E-state index in [0.717, 1.165) is 6.42 Å². The van der Waals surface area contributed by atoms with Gasteiger partial charge in [-0.1, -0.05) is 6.92 Å². The van der Waals surface area contributed by atoms with E-state index in [1.54, 1.807) is 23.6 Å². The number of nitrogens with zero attached hydrogens (tertiary/aromatic N) is 1. The van der Waals surface area contributed by atoms with Crippen molar-refractivity contribution in [2.24, 2.45) is 0 Å². The molecule has 5 heteroatoms. The monoisotopic (exact) mass is 291 g/mol. The fraction of sp³-hybridized carbons (Fsp3) is 0.400. The average Bonchev–Trinajstić information content (AvgIpc) is 3.02. The van der Waals surface area contributed by atoms with Gasteiger partial charge in [0.15, 0.2) is 0 Å². The van der Waals surface area contributed by atoms with Crippen molar-refractivity contribution >= 4 is 22.9 Å². The Balaban J connectivity index is 2.05. The molecule has 0 atom stereocenters. The van der Waals surface area contributed by atoms with Crippen LogP contribution in [0.15, 0.2) is 24.4 Å². The highest BCUT2D eigenvalue weighted by atomic mass is 32.1. The van der Waals surface area contributed by atoms with Crippen LogP contribution < -0.4 is 11.1 Å². The van der Waals surface area contributed by atoms with Gasteiger partial charge in [0.2, 0.25) is 0 Å². The first-order valence-electron chi connectivity index (χ1n) is 6.84. The van der Waals surface area contributed by atoms with Crippen molar-refractivity contribution in [2.45, 2.75) is 39.8 Å². The van der Waals surface area contributed by atoms with Gasteiger partial charge < -0.3 is 15.6 Å². The van der Waals surface area contributed by atoms with Gasteiger partial charge in [-0.25, -0.2) is 0 Å². The van der Waals surface area contributed by atoms with E-state index in [1.165, 1.54) is 9.75 Å². The number of rotatable bonds is 5. The quantitative estimate of drug-likeness (QED) is 0.888. The second-order valence-corrected chi connectivity index (χ2v) is 6.32. The maximum Gasteiger partial charge on any atom is 0.268 e. The highest BCUT2D eigenvalue weighted by molar-refractivity contribution is 7.11. The van der Waals surface area contributed by atoms with Gasteiger partial charge in [0, 0.05) is 22.0 Å².